The number of pyridine rings is 1. The number of aromatic nitrogens is 3. The molecule has 37 heavy (non-hydrogen) atoms. The highest BCUT2D eigenvalue weighted by atomic mass is 19.4. The number of hydrogen-bond acceptors (Lipinski definition) is 4. The monoisotopic (exact) mass is 499 g/mol. The number of para-hydroxylation sites is 2. The van der Waals surface area contributed by atoms with Gasteiger partial charge in [-0.15, -0.1) is 0 Å². The molecule has 0 radical (unpaired) electrons. The molecule has 1 saturated carbocycles. The molecule has 0 atom stereocenters. The van der Waals surface area contributed by atoms with Gasteiger partial charge in [-0.25, -0.2) is 4.98 Å². The first-order valence-corrected chi connectivity index (χ1v) is 12.2. The van der Waals surface area contributed by atoms with Crippen molar-refractivity contribution in [2.24, 2.45) is 4.99 Å². The Hall–Kier alpha value is -4.20. The van der Waals surface area contributed by atoms with Crippen LogP contribution in [0.15, 0.2) is 84.0 Å². The maximum absolute atomic E-state index is 13.2. The van der Waals surface area contributed by atoms with E-state index >= 15 is 0 Å². The molecule has 1 fully saturated rings. The Balaban J connectivity index is 1.59. The van der Waals surface area contributed by atoms with Gasteiger partial charge in [0.25, 0.3) is 0 Å². The van der Waals surface area contributed by atoms with Crippen molar-refractivity contribution in [3.63, 3.8) is 0 Å². The van der Waals surface area contributed by atoms with Crippen molar-refractivity contribution < 1.29 is 13.2 Å². The van der Waals surface area contributed by atoms with E-state index in [-0.39, 0.29) is 6.04 Å². The summed E-state index contributed by atoms with van der Waals surface area (Å²) < 4.78 is 41.7. The number of halogens is 3. The number of fused-ring (bicyclic) bond motifs is 2. The summed E-state index contributed by atoms with van der Waals surface area (Å²) in [7, 11) is 0. The van der Waals surface area contributed by atoms with Gasteiger partial charge in [0.2, 0.25) is 0 Å². The van der Waals surface area contributed by atoms with Crippen molar-refractivity contribution in [1.82, 2.24) is 14.5 Å². The second kappa shape index (κ2) is 9.03. The zero-order chi connectivity index (χ0) is 25.6. The molecule has 0 saturated heterocycles. The van der Waals surface area contributed by atoms with Crippen LogP contribution in [0.2, 0.25) is 0 Å². The summed E-state index contributed by atoms with van der Waals surface area (Å²) in [6, 6.07) is 21.0. The third-order valence-electron chi connectivity index (χ3n) is 6.74. The maximum atomic E-state index is 13.2. The fourth-order valence-electron chi connectivity index (χ4n) is 4.54. The zero-order valence-corrected chi connectivity index (χ0v) is 20.1. The van der Waals surface area contributed by atoms with Gasteiger partial charge in [-0.05, 0) is 86.8 Å². The SMILES string of the molecule is Cc1ccc(Nc2cc3nc4ccccc4n(-c4ccc(C(F)(F)F)cc4)c-3cc2=NC2CCC2)cn1. The molecule has 2 aliphatic carbocycles. The molecule has 186 valence electrons. The van der Waals surface area contributed by atoms with Crippen LogP contribution in [0.1, 0.15) is 30.5 Å². The molecule has 1 aliphatic heterocycles. The standard InChI is InChI=1S/C29H24F3N5/c1-18-9-12-21(17-33-18)35-24-15-26-28(16-25(24)34-20-5-4-6-20)37(27-8-3-2-7-23(27)36-26)22-13-10-19(11-14-22)29(30,31)32/h2-3,7-17,20,35H,4-6H2,1H3. The highest BCUT2D eigenvalue weighted by Crippen LogP contribution is 2.33. The topological polar surface area (TPSA) is 55.1 Å². The van der Waals surface area contributed by atoms with Crippen LogP contribution >= 0.6 is 0 Å². The van der Waals surface area contributed by atoms with Crippen LogP contribution in [0.5, 0.6) is 0 Å². The van der Waals surface area contributed by atoms with Gasteiger partial charge in [0.15, 0.2) is 0 Å². The highest BCUT2D eigenvalue weighted by Gasteiger charge is 2.30. The minimum absolute atomic E-state index is 0.252. The molecule has 1 aromatic heterocycles. The predicted octanol–water partition coefficient (Wildman–Crippen LogP) is 7.05. The molecule has 0 bridgehead atoms. The van der Waals surface area contributed by atoms with Crippen molar-refractivity contribution in [1.29, 1.82) is 0 Å². The molecule has 2 heterocycles. The molecule has 3 aromatic rings. The van der Waals surface area contributed by atoms with Crippen LogP contribution in [-0.2, 0) is 6.18 Å². The lowest BCUT2D eigenvalue weighted by atomic mass is 9.94. The molecule has 2 aromatic carbocycles. The van der Waals surface area contributed by atoms with Crippen LogP contribution in [0.25, 0.3) is 28.1 Å². The Morgan fingerprint density at radius 3 is 2.43 bits per heavy atom. The molecule has 0 unspecified atom stereocenters. The third-order valence-corrected chi connectivity index (χ3v) is 6.74. The maximum Gasteiger partial charge on any atom is 0.416 e. The van der Waals surface area contributed by atoms with Crippen LogP contribution in [0.3, 0.4) is 0 Å². The van der Waals surface area contributed by atoms with E-state index in [1.165, 1.54) is 12.1 Å². The van der Waals surface area contributed by atoms with Crippen molar-refractivity contribution >= 4 is 22.4 Å². The average Bonchev–Trinajstić information content (AvgIpc) is 2.86. The minimum atomic E-state index is -4.40. The number of rotatable bonds is 4. The van der Waals surface area contributed by atoms with E-state index in [0.717, 1.165) is 70.5 Å². The van der Waals surface area contributed by atoms with Crippen LogP contribution in [0, 0.1) is 6.92 Å². The quantitative estimate of drug-likeness (QED) is 0.270. The molecular formula is C29H24F3N5. The summed E-state index contributed by atoms with van der Waals surface area (Å²) in [5.41, 5.74) is 5.52. The molecule has 8 heteroatoms. The molecule has 3 aliphatic rings. The molecular weight excluding hydrogens is 475 g/mol. The summed E-state index contributed by atoms with van der Waals surface area (Å²) >= 11 is 0. The van der Waals surface area contributed by atoms with Gasteiger partial charge in [0, 0.05) is 11.4 Å². The number of aryl methyl sites for hydroxylation is 1. The van der Waals surface area contributed by atoms with Crippen molar-refractivity contribution in [3.05, 3.63) is 95.6 Å². The first kappa shape index (κ1) is 23.2. The molecule has 6 rings (SSSR count). The van der Waals surface area contributed by atoms with E-state index in [4.69, 9.17) is 9.98 Å². The first-order chi connectivity index (χ1) is 17.8. The Kier molecular flexibility index (Phi) is 5.67. The summed E-state index contributed by atoms with van der Waals surface area (Å²) in [6.45, 7) is 1.94. The van der Waals surface area contributed by atoms with E-state index in [1.807, 2.05) is 60.0 Å². The largest absolute Gasteiger partial charge is 0.416 e. The van der Waals surface area contributed by atoms with E-state index in [2.05, 4.69) is 10.3 Å². The predicted molar refractivity (Wildman–Crippen MR) is 138 cm³/mol. The Labute approximate surface area is 211 Å². The van der Waals surface area contributed by atoms with Crippen LogP contribution in [0.4, 0.5) is 24.5 Å². The van der Waals surface area contributed by atoms with Gasteiger partial charge in [0.05, 0.1) is 57.0 Å². The van der Waals surface area contributed by atoms with Gasteiger partial charge >= 0.3 is 6.18 Å². The number of benzene rings is 3. The lowest BCUT2D eigenvalue weighted by Crippen LogP contribution is -2.22. The highest BCUT2D eigenvalue weighted by molar-refractivity contribution is 5.84. The van der Waals surface area contributed by atoms with Crippen molar-refractivity contribution in [2.45, 2.75) is 38.4 Å². The van der Waals surface area contributed by atoms with Crippen molar-refractivity contribution in [2.75, 3.05) is 5.32 Å². The molecule has 5 nitrogen and oxygen atoms in total. The zero-order valence-electron chi connectivity index (χ0n) is 20.1. The summed E-state index contributed by atoms with van der Waals surface area (Å²) in [6.07, 6.45) is 0.621. The van der Waals surface area contributed by atoms with Crippen molar-refractivity contribution in [3.8, 4) is 17.1 Å². The Morgan fingerprint density at radius 1 is 0.973 bits per heavy atom. The lowest BCUT2D eigenvalue weighted by Gasteiger charge is -2.23. The number of nitrogens with zero attached hydrogens (tertiary/aromatic N) is 4. The fourth-order valence-corrected chi connectivity index (χ4v) is 4.54. The number of anilines is 2. The molecule has 0 spiro atoms. The van der Waals surface area contributed by atoms with Gasteiger partial charge in [-0.1, -0.05) is 12.1 Å². The van der Waals surface area contributed by atoms with Gasteiger partial charge in [0.1, 0.15) is 0 Å². The van der Waals surface area contributed by atoms with E-state index in [9.17, 15) is 13.2 Å². The van der Waals surface area contributed by atoms with E-state index < -0.39 is 11.7 Å². The molecule has 1 N–H and O–H groups in total. The average molecular weight is 500 g/mol. The molecule has 0 amide bonds. The normalized spacial score (nSPS) is 14.8. The first-order valence-electron chi connectivity index (χ1n) is 12.2. The second-order valence-electron chi connectivity index (χ2n) is 9.37. The second-order valence-corrected chi connectivity index (χ2v) is 9.37. The third kappa shape index (κ3) is 4.55. The number of nitrogens with one attached hydrogen (secondary N) is 1. The van der Waals surface area contributed by atoms with Gasteiger partial charge in [-0.3, -0.25) is 9.98 Å². The van der Waals surface area contributed by atoms with E-state index in [0.29, 0.717) is 11.4 Å². The van der Waals surface area contributed by atoms with Gasteiger partial charge in [-0.2, -0.15) is 13.2 Å². The summed E-state index contributed by atoms with van der Waals surface area (Å²) in [4.78, 5) is 14.3. The Morgan fingerprint density at radius 2 is 1.76 bits per heavy atom. The Bertz CT molecular complexity index is 1620. The number of hydrogen-bond donors (Lipinski definition) is 1. The lowest BCUT2D eigenvalue weighted by molar-refractivity contribution is -0.137. The van der Waals surface area contributed by atoms with E-state index in [1.54, 1.807) is 6.20 Å². The van der Waals surface area contributed by atoms with Crippen LogP contribution < -0.4 is 10.7 Å². The summed E-state index contributed by atoms with van der Waals surface area (Å²) in [5.74, 6) is 0. The minimum Gasteiger partial charge on any atom is -0.352 e. The summed E-state index contributed by atoms with van der Waals surface area (Å²) in [5, 5.41) is 4.23. The fraction of sp³-hybridized carbons (Fsp3) is 0.207. The number of alkyl halides is 3. The van der Waals surface area contributed by atoms with Gasteiger partial charge < -0.3 is 9.88 Å². The van der Waals surface area contributed by atoms with Crippen LogP contribution in [-0.4, -0.2) is 20.6 Å². The smallest absolute Gasteiger partial charge is 0.352 e.